The summed E-state index contributed by atoms with van der Waals surface area (Å²) in [4.78, 5) is 14.3. The number of ether oxygens (including phenoxy) is 1. The Kier molecular flexibility index (Phi) is 5.60. The first-order chi connectivity index (χ1) is 8.37. The van der Waals surface area contributed by atoms with Gasteiger partial charge in [-0.15, -0.1) is 0 Å². The molecule has 1 unspecified atom stereocenters. The number of nitrogens with one attached hydrogen (secondary N) is 1. The van der Waals surface area contributed by atoms with Crippen LogP contribution in [0.5, 0.6) is 0 Å². The van der Waals surface area contributed by atoms with Crippen LogP contribution in [-0.2, 0) is 9.53 Å². The Hall–Kier alpha value is -0.610. The molecule has 1 fully saturated rings. The molecule has 0 spiro atoms. The molecule has 0 heterocycles. The van der Waals surface area contributed by atoms with Crippen LogP contribution in [0.1, 0.15) is 40.5 Å². The van der Waals surface area contributed by atoms with Crippen LogP contribution in [-0.4, -0.2) is 49.2 Å². The second-order valence-corrected chi connectivity index (χ2v) is 6.06. The van der Waals surface area contributed by atoms with E-state index in [1.54, 1.807) is 0 Å². The largest absolute Gasteiger partial charge is 0.465 e. The summed E-state index contributed by atoms with van der Waals surface area (Å²) in [6.07, 6.45) is 2.34. The quantitative estimate of drug-likeness (QED) is 0.671. The van der Waals surface area contributed by atoms with E-state index in [2.05, 4.69) is 31.1 Å². The molecular formula is C14H28N2O2. The van der Waals surface area contributed by atoms with Crippen molar-refractivity contribution in [1.29, 1.82) is 0 Å². The van der Waals surface area contributed by atoms with E-state index in [9.17, 15) is 4.79 Å². The van der Waals surface area contributed by atoms with Crippen molar-refractivity contribution in [3.8, 4) is 0 Å². The lowest BCUT2D eigenvalue weighted by Crippen LogP contribution is -2.58. The Morgan fingerprint density at radius 1 is 1.50 bits per heavy atom. The third-order valence-electron chi connectivity index (χ3n) is 3.09. The van der Waals surface area contributed by atoms with Gasteiger partial charge in [0.2, 0.25) is 0 Å². The molecule has 106 valence electrons. The van der Waals surface area contributed by atoms with Crippen LogP contribution in [0.4, 0.5) is 0 Å². The minimum atomic E-state index is -0.583. The van der Waals surface area contributed by atoms with Crippen LogP contribution < -0.4 is 5.32 Å². The molecule has 18 heavy (non-hydrogen) atoms. The van der Waals surface area contributed by atoms with Gasteiger partial charge in [-0.2, -0.15) is 0 Å². The lowest BCUT2D eigenvalue weighted by molar-refractivity contribution is -0.151. The predicted molar refractivity (Wildman–Crippen MR) is 73.5 cm³/mol. The normalized spacial score (nSPS) is 19.1. The number of carbonyl (C=O) groups excluding carboxylic acids is 1. The summed E-state index contributed by atoms with van der Waals surface area (Å²) >= 11 is 0. The van der Waals surface area contributed by atoms with Crippen molar-refractivity contribution in [3.63, 3.8) is 0 Å². The highest BCUT2D eigenvalue weighted by molar-refractivity contribution is 5.80. The molecule has 0 radical (unpaired) electrons. The summed E-state index contributed by atoms with van der Waals surface area (Å²) in [6.45, 7) is 10.3. The fraction of sp³-hybridized carbons (Fsp3) is 0.929. The van der Waals surface area contributed by atoms with Gasteiger partial charge in [0.05, 0.1) is 6.61 Å². The number of carbonyl (C=O) groups is 1. The maximum Gasteiger partial charge on any atom is 0.327 e. The maximum absolute atomic E-state index is 12.1. The average Bonchev–Trinajstić information content (AvgIpc) is 3.00. The predicted octanol–water partition coefficient (Wildman–Crippen LogP) is 1.65. The van der Waals surface area contributed by atoms with Crippen LogP contribution in [0.25, 0.3) is 0 Å². The third-order valence-corrected chi connectivity index (χ3v) is 3.09. The van der Waals surface area contributed by atoms with Crippen molar-refractivity contribution >= 4 is 5.97 Å². The highest BCUT2D eigenvalue weighted by atomic mass is 16.5. The summed E-state index contributed by atoms with van der Waals surface area (Å²) in [5.74, 6) is 0.467. The van der Waals surface area contributed by atoms with Gasteiger partial charge in [-0.05, 0) is 39.7 Å². The lowest BCUT2D eigenvalue weighted by atomic mass is 10.0. The van der Waals surface area contributed by atoms with Crippen LogP contribution in [0.2, 0.25) is 0 Å². The van der Waals surface area contributed by atoms with Crippen molar-refractivity contribution < 1.29 is 9.53 Å². The van der Waals surface area contributed by atoms with Crippen molar-refractivity contribution in [3.05, 3.63) is 0 Å². The van der Waals surface area contributed by atoms with Gasteiger partial charge in [0.15, 0.2) is 0 Å². The summed E-state index contributed by atoms with van der Waals surface area (Å²) in [5.41, 5.74) is -0.583. The first kappa shape index (κ1) is 15.4. The molecule has 0 amide bonds. The molecule has 0 aliphatic heterocycles. The molecule has 4 nitrogen and oxygen atoms in total. The highest BCUT2D eigenvalue weighted by Crippen LogP contribution is 2.23. The number of hydrogen-bond donors (Lipinski definition) is 1. The second-order valence-electron chi connectivity index (χ2n) is 6.06. The molecule has 1 N–H and O–H groups in total. The molecule has 0 aromatic rings. The zero-order valence-corrected chi connectivity index (χ0v) is 12.5. The summed E-state index contributed by atoms with van der Waals surface area (Å²) in [6, 6.07) is 0.492. The van der Waals surface area contributed by atoms with Crippen molar-refractivity contribution in [2.24, 2.45) is 5.92 Å². The van der Waals surface area contributed by atoms with E-state index in [0.717, 1.165) is 6.54 Å². The second kappa shape index (κ2) is 6.53. The van der Waals surface area contributed by atoms with Crippen molar-refractivity contribution in [1.82, 2.24) is 10.2 Å². The van der Waals surface area contributed by atoms with Gasteiger partial charge in [0.25, 0.3) is 0 Å². The van der Waals surface area contributed by atoms with E-state index in [1.807, 2.05) is 13.8 Å². The highest BCUT2D eigenvalue weighted by Gasteiger charge is 2.40. The number of likely N-dealkylation sites (N-methyl/N-ethyl adjacent to an activating group) is 1. The maximum atomic E-state index is 12.1. The van der Waals surface area contributed by atoms with Gasteiger partial charge < -0.3 is 9.64 Å². The molecule has 4 heteroatoms. The van der Waals surface area contributed by atoms with Gasteiger partial charge in [0.1, 0.15) is 5.54 Å². The van der Waals surface area contributed by atoms with Gasteiger partial charge >= 0.3 is 5.97 Å². The Labute approximate surface area is 111 Å². The summed E-state index contributed by atoms with van der Waals surface area (Å²) in [7, 11) is 2.06. The van der Waals surface area contributed by atoms with Crippen LogP contribution >= 0.6 is 0 Å². The molecule has 1 aliphatic rings. The van der Waals surface area contributed by atoms with Gasteiger partial charge in [-0.3, -0.25) is 10.1 Å². The number of rotatable bonds is 8. The summed E-state index contributed by atoms with van der Waals surface area (Å²) in [5, 5.41) is 3.44. The molecular weight excluding hydrogens is 228 g/mol. The van der Waals surface area contributed by atoms with Crippen molar-refractivity contribution in [2.45, 2.75) is 52.1 Å². The zero-order chi connectivity index (χ0) is 13.8. The average molecular weight is 256 g/mol. The first-order valence-corrected chi connectivity index (χ1v) is 7.01. The molecule has 0 aromatic carbocycles. The van der Waals surface area contributed by atoms with Gasteiger partial charge in [0, 0.05) is 19.1 Å². The van der Waals surface area contributed by atoms with E-state index < -0.39 is 5.54 Å². The number of esters is 1. The molecule has 1 atom stereocenters. The monoisotopic (exact) mass is 256 g/mol. The van der Waals surface area contributed by atoms with Crippen LogP contribution in [0.3, 0.4) is 0 Å². The zero-order valence-electron chi connectivity index (χ0n) is 12.5. The van der Waals surface area contributed by atoms with Gasteiger partial charge in [-0.25, -0.2) is 0 Å². The number of nitrogens with zero attached hydrogens (tertiary/aromatic N) is 1. The first-order valence-electron chi connectivity index (χ1n) is 7.01. The Bertz CT molecular complexity index is 277. The van der Waals surface area contributed by atoms with E-state index in [-0.39, 0.29) is 5.97 Å². The smallest absolute Gasteiger partial charge is 0.327 e. The molecule has 0 saturated heterocycles. The molecule has 1 aliphatic carbocycles. The molecule has 1 rings (SSSR count). The van der Waals surface area contributed by atoms with Crippen LogP contribution in [0.15, 0.2) is 0 Å². The standard InChI is InChI=1S/C14H28N2O2/c1-6-18-13(17)14(4,15-12-7-8-12)10-16(5)9-11(2)3/h11-12,15H,6-10H2,1-5H3. The van der Waals surface area contributed by atoms with E-state index >= 15 is 0 Å². The molecule has 0 aromatic heterocycles. The number of hydrogen-bond acceptors (Lipinski definition) is 4. The molecule has 1 saturated carbocycles. The van der Waals surface area contributed by atoms with Crippen LogP contribution in [0, 0.1) is 5.92 Å². The summed E-state index contributed by atoms with van der Waals surface area (Å²) < 4.78 is 5.21. The van der Waals surface area contributed by atoms with E-state index in [0.29, 0.717) is 25.1 Å². The van der Waals surface area contributed by atoms with Crippen molar-refractivity contribution in [2.75, 3.05) is 26.7 Å². The minimum absolute atomic E-state index is 0.132. The Morgan fingerprint density at radius 3 is 2.56 bits per heavy atom. The minimum Gasteiger partial charge on any atom is -0.465 e. The molecule has 0 bridgehead atoms. The third kappa shape index (κ3) is 4.94. The SMILES string of the molecule is CCOC(=O)C(C)(CN(C)CC(C)C)NC1CC1. The van der Waals surface area contributed by atoms with E-state index in [1.165, 1.54) is 12.8 Å². The van der Waals surface area contributed by atoms with Gasteiger partial charge in [-0.1, -0.05) is 13.8 Å². The fourth-order valence-corrected chi connectivity index (χ4v) is 2.37. The van der Waals surface area contributed by atoms with E-state index in [4.69, 9.17) is 4.74 Å². The Morgan fingerprint density at radius 2 is 2.11 bits per heavy atom. The fourth-order valence-electron chi connectivity index (χ4n) is 2.37. The Balaban J connectivity index is 2.60. The topological polar surface area (TPSA) is 41.6 Å². The lowest BCUT2D eigenvalue weighted by Gasteiger charge is -2.33.